The van der Waals surface area contributed by atoms with Gasteiger partial charge in [0.1, 0.15) is 5.76 Å². The van der Waals surface area contributed by atoms with Crippen LogP contribution in [0.2, 0.25) is 0 Å². The Morgan fingerprint density at radius 1 is 1.19 bits per heavy atom. The molecular weight excluding hydrogens is 386 g/mol. The van der Waals surface area contributed by atoms with Crippen molar-refractivity contribution in [2.24, 2.45) is 0 Å². The highest BCUT2D eigenvalue weighted by Crippen LogP contribution is 2.32. The Morgan fingerprint density at radius 3 is 2.59 bits per heavy atom. The Balaban J connectivity index is 1.72. The minimum atomic E-state index is -0.799. The number of amides is 1. The van der Waals surface area contributed by atoms with Crippen molar-refractivity contribution < 1.29 is 19.1 Å². The summed E-state index contributed by atoms with van der Waals surface area (Å²) in [6.45, 7) is 6.17. The molecule has 0 saturated heterocycles. The van der Waals surface area contributed by atoms with Gasteiger partial charge in [-0.05, 0) is 12.8 Å². The zero-order chi connectivity index (χ0) is 19.9. The Labute approximate surface area is 167 Å². The largest absolute Gasteiger partial charge is 0.481 e. The summed E-state index contributed by atoms with van der Waals surface area (Å²) in [5, 5.41) is 11.9. The SMILES string of the molecule is CC(C)(C)c1ncc(CSc2cnc(NC(=O)CCCCCC(=O)O)s2)o1. The third-order valence-corrected chi connectivity index (χ3v) is 5.71. The van der Waals surface area contributed by atoms with Gasteiger partial charge in [-0.1, -0.05) is 38.5 Å². The number of thiazole rings is 1. The number of hydrogen-bond donors (Lipinski definition) is 2. The molecule has 2 N–H and O–H groups in total. The molecule has 0 atom stereocenters. The van der Waals surface area contributed by atoms with Gasteiger partial charge in [-0.2, -0.15) is 0 Å². The van der Waals surface area contributed by atoms with Gasteiger partial charge in [0.2, 0.25) is 5.91 Å². The van der Waals surface area contributed by atoms with E-state index in [9.17, 15) is 9.59 Å². The second-order valence-electron chi connectivity index (χ2n) is 7.16. The lowest BCUT2D eigenvalue weighted by atomic mass is 9.97. The van der Waals surface area contributed by atoms with E-state index in [1.807, 2.05) is 0 Å². The van der Waals surface area contributed by atoms with Crippen LogP contribution in [0.15, 0.2) is 21.0 Å². The number of carboxylic acids is 1. The van der Waals surface area contributed by atoms with E-state index in [-0.39, 0.29) is 17.7 Å². The lowest BCUT2D eigenvalue weighted by Crippen LogP contribution is -2.10. The quantitative estimate of drug-likeness (QED) is 0.431. The first-order valence-electron chi connectivity index (χ1n) is 8.79. The molecule has 2 rings (SSSR count). The van der Waals surface area contributed by atoms with Gasteiger partial charge >= 0.3 is 5.97 Å². The maximum atomic E-state index is 11.9. The molecule has 148 valence electrons. The highest BCUT2D eigenvalue weighted by molar-refractivity contribution is 8.00. The normalized spacial score (nSPS) is 11.5. The number of aromatic nitrogens is 2. The number of anilines is 1. The summed E-state index contributed by atoms with van der Waals surface area (Å²) < 4.78 is 6.75. The lowest BCUT2D eigenvalue weighted by Gasteiger charge is -2.12. The van der Waals surface area contributed by atoms with Crippen molar-refractivity contribution in [1.82, 2.24) is 9.97 Å². The second kappa shape index (κ2) is 9.89. The zero-order valence-corrected chi connectivity index (χ0v) is 17.4. The van der Waals surface area contributed by atoms with Crippen molar-refractivity contribution in [3.8, 4) is 0 Å². The fraction of sp³-hybridized carbons (Fsp3) is 0.556. The van der Waals surface area contributed by atoms with Crippen LogP contribution in [-0.4, -0.2) is 27.0 Å². The zero-order valence-electron chi connectivity index (χ0n) is 15.8. The first-order chi connectivity index (χ1) is 12.7. The molecular formula is C18H25N3O4S2. The monoisotopic (exact) mass is 411 g/mol. The first-order valence-corrected chi connectivity index (χ1v) is 10.6. The average Bonchev–Trinajstić information content (AvgIpc) is 3.21. The standard InChI is InChI=1S/C18H25N3O4S2/c1-18(2,3)16-19-9-12(25-16)11-26-15-10-20-17(27-15)21-13(22)7-5-4-6-8-14(23)24/h9-10H,4-8,11H2,1-3H3,(H,23,24)(H,20,21,22). The van der Waals surface area contributed by atoms with Crippen molar-refractivity contribution in [1.29, 1.82) is 0 Å². The fourth-order valence-electron chi connectivity index (χ4n) is 2.17. The topological polar surface area (TPSA) is 105 Å². The number of aliphatic carboxylic acids is 1. The number of hydrogen-bond acceptors (Lipinski definition) is 7. The van der Waals surface area contributed by atoms with Gasteiger partial charge in [0.05, 0.1) is 22.4 Å². The number of carbonyl (C=O) groups excluding carboxylic acids is 1. The van der Waals surface area contributed by atoms with E-state index in [2.05, 4.69) is 36.1 Å². The van der Waals surface area contributed by atoms with Gasteiger partial charge in [0.15, 0.2) is 11.0 Å². The van der Waals surface area contributed by atoms with Crippen molar-refractivity contribution in [3.05, 3.63) is 24.0 Å². The van der Waals surface area contributed by atoms with E-state index < -0.39 is 5.97 Å². The third-order valence-electron chi connectivity index (χ3n) is 3.58. The molecule has 0 fully saturated rings. The third kappa shape index (κ3) is 7.72. The van der Waals surface area contributed by atoms with Crippen molar-refractivity contribution in [2.75, 3.05) is 5.32 Å². The molecule has 0 aliphatic rings. The minimum Gasteiger partial charge on any atom is -0.481 e. The summed E-state index contributed by atoms with van der Waals surface area (Å²) in [5.74, 6) is 1.29. The maximum Gasteiger partial charge on any atom is 0.303 e. The number of thioether (sulfide) groups is 1. The van der Waals surface area contributed by atoms with Crippen LogP contribution in [0.25, 0.3) is 0 Å². The molecule has 0 unspecified atom stereocenters. The number of unbranched alkanes of at least 4 members (excludes halogenated alkanes) is 2. The van der Waals surface area contributed by atoms with E-state index in [0.717, 1.165) is 22.3 Å². The number of oxazole rings is 1. The van der Waals surface area contributed by atoms with E-state index in [0.29, 0.717) is 30.1 Å². The first kappa shape index (κ1) is 21.4. The van der Waals surface area contributed by atoms with Crippen LogP contribution >= 0.6 is 23.1 Å². The van der Waals surface area contributed by atoms with Crippen LogP contribution in [0.3, 0.4) is 0 Å². The molecule has 2 aromatic rings. The van der Waals surface area contributed by atoms with E-state index >= 15 is 0 Å². The summed E-state index contributed by atoms with van der Waals surface area (Å²) in [6, 6.07) is 0. The maximum absolute atomic E-state index is 11.9. The molecule has 27 heavy (non-hydrogen) atoms. The Bertz CT molecular complexity index is 765. The summed E-state index contributed by atoms with van der Waals surface area (Å²) >= 11 is 3.01. The molecule has 0 aliphatic carbocycles. The molecule has 2 aromatic heterocycles. The number of carbonyl (C=O) groups is 2. The van der Waals surface area contributed by atoms with Crippen LogP contribution in [0.5, 0.6) is 0 Å². The molecule has 0 aliphatic heterocycles. The Kier molecular flexibility index (Phi) is 7.85. The van der Waals surface area contributed by atoms with Crippen molar-refractivity contribution in [3.63, 3.8) is 0 Å². The predicted molar refractivity (Wildman–Crippen MR) is 106 cm³/mol. The summed E-state index contributed by atoms with van der Waals surface area (Å²) in [4.78, 5) is 30.9. The molecule has 0 spiro atoms. The molecule has 9 heteroatoms. The molecule has 7 nitrogen and oxygen atoms in total. The fourth-order valence-corrected chi connectivity index (χ4v) is 3.93. The van der Waals surface area contributed by atoms with E-state index in [4.69, 9.17) is 9.52 Å². The van der Waals surface area contributed by atoms with Crippen LogP contribution in [-0.2, 0) is 20.8 Å². The summed E-state index contributed by atoms with van der Waals surface area (Å²) in [6.07, 6.45) is 6.01. The highest BCUT2D eigenvalue weighted by Gasteiger charge is 2.20. The van der Waals surface area contributed by atoms with Gasteiger partial charge in [-0.3, -0.25) is 9.59 Å². The summed E-state index contributed by atoms with van der Waals surface area (Å²) in [7, 11) is 0. The molecule has 0 aromatic carbocycles. The lowest BCUT2D eigenvalue weighted by molar-refractivity contribution is -0.137. The van der Waals surface area contributed by atoms with Gasteiger partial charge in [0, 0.05) is 18.3 Å². The number of carboxylic acid groups (broad SMARTS) is 1. The van der Waals surface area contributed by atoms with Crippen LogP contribution < -0.4 is 5.32 Å². The average molecular weight is 412 g/mol. The highest BCUT2D eigenvalue weighted by atomic mass is 32.2. The van der Waals surface area contributed by atoms with Crippen molar-refractivity contribution in [2.45, 2.75) is 68.3 Å². The second-order valence-corrected chi connectivity index (χ2v) is 9.46. The van der Waals surface area contributed by atoms with Gasteiger partial charge in [-0.25, -0.2) is 9.97 Å². The van der Waals surface area contributed by atoms with Gasteiger partial charge < -0.3 is 14.8 Å². The van der Waals surface area contributed by atoms with Crippen LogP contribution in [0.1, 0.15) is 64.5 Å². The molecule has 2 heterocycles. The van der Waals surface area contributed by atoms with E-state index in [1.54, 1.807) is 24.2 Å². The smallest absolute Gasteiger partial charge is 0.303 e. The Morgan fingerprint density at radius 2 is 1.93 bits per heavy atom. The minimum absolute atomic E-state index is 0.0960. The number of rotatable bonds is 10. The number of nitrogens with zero attached hydrogens (tertiary/aromatic N) is 2. The molecule has 0 radical (unpaired) electrons. The van der Waals surface area contributed by atoms with Gasteiger partial charge in [-0.15, -0.1) is 11.8 Å². The Hall–Kier alpha value is -1.87. The molecule has 0 saturated carbocycles. The van der Waals surface area contributed by atoms with Crippen molar-refractivity contribution >= 4 is 40.1 Å². The van der Waals surface area contributed by atoms with Crippen LogP contribution in [0, 0.1) is 0 Å². The van der Waals surface area contributed by atoms with E-state index in [1.165, 1.54) is 11.3 Å². The van der Waals surface area contributed by atoms with Crippen LogP contribution in [0.4, 0.5) is 5.13 Å². The predicted octanol–water partition coefficient (Wildman–Crippen LogP) is 4.69. The summed E-state index contributed by atoms with van der Waals surface area (Å²) in [5.41, 5.74) is -0.113. The van der Waals surface area contributed by atoms with Gasteiger partial charge in [0.25, 0.3) is 0 Å². The molecule has 0 bridgehead atoms. The number of nitrogens with one attached hydrogen (secondary N) is 1. The molecule has 1 amide bonds.